The molecular formula is C16H12N4O2. The Morgan fingerprint density at radius 3 is 2.68 bits per heavy atom. The Morgan fingerprint density at radius 2 is 1.91 bits per heavy atom. The fourth-order valence-electron chi connectivity index (χ4n) is 2.50. The zero-order valence-electron chi connectivity index (χ0n) is 11.8. The van der Waals surface area contributed by atoms with E-state index in [2.05, 4.69) is 15.3 Å². The average molecular weight is 292 g/mol. The van der Waals surface area contributed by atoms with Crippen molar-refractivity contribution in [2.24, 2.45) is 0 Å². The molecule has 2 aromatic heterocycles. The molecular weight excluding hydrogens is 280 g/mol. The van der Waals surface area contributed by atoms with Crippen LogP contribution in [0.2, 0.25) is 0 Å². The second-order valence-electron chi connectivity index (χ2n) is 4.89. The third-order valence-electron chi connectivity index (χ3n) is 3.61. The van der Waals surface area contributed by atoms with Crippen LogP contribution < -0.4 is 10.3 Å². The van der Waals surface area contributed by atoms with Gasteiger partial charge in [0.05, 0.1) is 23.8 Å². The largest absolute Gasteiger partial charge is 0.497 e. The second kappa shape index (κ2) is 4.70. The van der Waals surface area contributed by atoms with Crippen LogP contribution in [0.4, 0.5) is 0 Å². The van der Waals surface area contributed by atoms with Gasteiger partial charge in [-0.1, -0.05) is 18.2 Å². The molecule has 0 fully saturated rings. The summed E-state index contributed by atoms with van der Waals surface area (Å²) in [6.45, 7) is 0. The summed E-state index contributed by atoms with van der Waals surface area (Å²) in [5, 5.41) is 12.1. The third-order valence-corrected chi connectivity index (χ3v) is 3.61. The van der Waals surface area contributed by atoms with Crippen LogP contribution in [-0.2, 0) is 0 Å². The summed E-state index contributed by atoms with van der Waals surface area (Å²) in [6, 6.07) is 14.8. The van der Waals surface area contributed by atoms with Gasteiger partial charge in [-0.2, -0.15) is 0 Å². The van der Waals surface area contributed by atoms with E-state index in [0.29, 0.717) is 22.3 Å². The maximum atomic E-state index is 12.5. The number of nitrogens with zero attached hydrogens (tertiary/aromatic N) is 3. The Labute approximate surface area is 125 Å². The first-order valence-corrected chi connectivity index (χ1v) is 6.78. The number of ether oxygens (including phenoxy) is 1. The number of para-hydroxylation sites is 1. The lowest BCUT2D eigenvalue weighted by molar-refractivity contribution is 0.415. The van der Waals surface area contributed by atoms with Crippen molar-refractivity contribution in [2.45, 2.75) is 0 Å². The smallest absolute Gasteiger partial charge is 0.299 e. The molecule has 0 amide bonds. The maximum Gasteiger partial charge on any atom is 0.299 e. The zero-order valence-corrected chi connectivity index (χ0v) is 11.8. The minimum atomic E-state index is -0.224. The highest BCUT2D eigenvalue weighted by atomic mass is 16.5. The summed E-state index contributed by atoms with van der Waals surface area (Å²) in [7, 11) is 1.60. The quantitative estimate of drug-likeness (QED) is 0.615. The summed E-state index contributed by atoms with van der Waals surface area (Å²) in [6.07, 6.45) is 0. The molecule has 2 aromatic carbocycles. The highest BCUT2D eigenvalue weighted by molar-refractivity contribution is 6.01. The Kier molecular flexibility index (Phi) is 2.69. The fraction of sp³-hybridized carbons (Fsp3) is 0.0625. The van der Waals surface area contributed by atoms with E-state index in [1.54, 1.807) is 7.11 Å². The molecule has 0 saturated heterocycles. The molecule has 0 saturated carbocycles. The van der Waals surface area contributed by atoms with Gasteiger partial charge < -0.3 is 4.74 Å². The van der Waals surface area contributed by atoms with Crippen LogP contribution in [0.15, 0.2) is 53.3 Å². The molecule has 0 radical (unpaired) electrons. The van der Waals surface area contributed by atoms with Gasteiger partial charge in [0.15, 0.2) is 5.52 Å². The number of hydrogen-bond donors (Lipinski definition) is 1. The molecule has 4 rings (SSSR count). The normalized spacial score (nSPS) is 11.1. The number of aromatic amines is 1. The molecule has 0 spiro atoms. The molecule has 108 valence electrons. The van der Waals surface area contributed by atoms with Crippen molar-refractivity contribution in [1.82, 2.24) is 20.0 Å². The average Bonchev–Trinajstić information content (AvgIpc) is 2.92. The standard InChI is InChI=1S/C16H12N4O2/c1-22-11-7-8-13-12(9-11)14-15(18-17-13)16(21)20(19-14)10-5-3-2-4-6-10/h2-9,19H,1H3. The topological polar surface area (TPSA) is 72.8 Å². The van der Waals surface area contributed by atoms with Crippen molar-refractivity contribution in [2.75, 3.05) is 7.11 Å². The Balaban J connectivity index is 2.09. The molecule has 0 aliphatic heterocycles. The second-order valence-corrected chi connectivity index (χ2v) is 4.89. The number of methoxy groups -OCH3 is 1. The fourth-order valence-corrected chi connectivity index (χ4v) is 2.50. The van der Waals surface area contributed by atoms with Crippen molar-refractivity contribution < 1.29 is 4.74 Å². The van der Waals surface area contributed by atoms with Crippen LogP contribution in [0.5, 0.6) is 5.75 Å². The summed E-state index contributed by atoms with van der Waals surface area (Å²) >= 11 is 0. The highest BCUT2D eigenvalue weighted by Crippen LogP contribution is 2.23. The van der Waals surface area contributed by atoms with Crippen LogP contribution in [0.3, 0.4) is 0 Å². The van der Waals surface area contributed by atoms with E-state index in [1.165, 1.54) is 4.68 Å². The van der Waals surface area contributed by atoms with Gasteiger partial charge >= 0.3 is 0 Å². The molecule has 0 aliphatic carbocycles. The number of H-pyrrole nitrogens is 1. The monoisotopic (exact) mass is 292 g/mol. The van der Waals surface area contributed by atoms with E-state index in [4.69, 9.17) is 4.74 Å². The molecule has 0 unspecified atom stereocenters. The number of benzene rings is 2. The molecule has 0 aliphatic rings. The van der Waals surface area contributed by atoms with Crippen LogP contribution in [-0.4, -0.2) is 27.1 Å². The van der Waals surface area contributed by atoms with Gasteiger partial charge in [-0.05, 0) is 30.3 Å². The maximum absolute atomic E-state index is 12.5. The first-order valence-electron chi connectivity index (χ1n) is 6.78. The van der Waals surface area contributed by atoms with E-state index in [9.17, 15) is 4.79 Å². The van der Waals surface area contributed by atoms with Crippen LogP contribution in [0.25, 0.3) is 27.6 Å². The summed E-state index contributed by atoms with van der Waals surface area (Å²) in [5.41, 5.74) is 2.19. The van der Waals surface area contributed by atoms with Crippen molar-refractivity contribution in [3.05, 3.63) is 58.9 Å². The number of aromatic nitrogens is 4. The van der Waals surface area contributed by atoms with E-state index in [0.717, 1.165) is 11.1 Å². The molecule has 0 bridgehead atoms. The van der Waals surface area contributed by atoms with Gasteiger partial charge in [0.2, 0.25) is 0 Å². The van der Waals surface area contributed by atoms with Crippen LogP contribution >= 0.6 is 0 Å². The lowest BCUT2D eigenvalue weighted by atomic mass is 10.2. The lowest BCUT2D eigenvalue weighted by Crippen LogP contribution is -2.14. The summed E-state index contributed by atoms with van der Waals surface area (Å²) < 4.78 is 6.72. The van der Waals surface area contributed by atoms with E-state index in [1.807, 2.05) is 48.5 Å². The van der Waals surface area contributed by atoms with Gasteiger partial charge in [-0.3, -0.25) is 9.89 Å². The molecule has 6 heteroatoms. The molecule has 6 nitrogen and oxygen atoms in total. The summed E-state index contributed by atoms with van der Waals surface area (Å²) in [5.74, 6) is 0.704. The molecule has 1 N–H and O–H groups in total. The highest BCUT2D eigenvalue weighted by Gasteiger charge is 2.13. The van der Waals surface area contributed by atoms with Gasteiger partial charge in [0.1, 0.15) is 5.75 Å². The minimum absolute atomic E-state index is 0.224. The Bertz CT molecular complexity index is 1030. The van der Waals surface area contributed by atoms with Gasteiger partial charge in [0.25, 0.3) is 5.56 Å². The third kappa shape index (κ3) is 1.77. The molecule has 2 heterocycles. The van der Waals surface area contributed by atoms with Crippen LogP contribution in [0.1, 0.15) is 0 Å². The van der Waals surface area contributed by atoms with Gasteiger partial charge in [-0.15, -0.1) is 10.2 Å². The van der Waals surface area contributed by atoms with Crippen molar-refractivity contribution in [3.8, 4) is 11.4 Å². The predicted octanol–water partition coefficient (Wildman–Crippen LogP) is 2.27. The summed E-state index contributed by atoms with van der Waals surface area (Å²) in [4.78, 5) is 12.5. The Morgan fingerprint density at radius 1 is 1.09 bits per heavy atom. The van der Waals surface area contributed by atoms with Gasteiger partial charge in [-0.25, -0.2) is 4.68 Å². The van der Waals surface area contributed by atoms with Gasteiger partial charge in [0, 0.05) is 5.39 Å². The van der Waals surface area contributed by atoms with Crippen molar-refractivity contribution in [1.29, 1.82) is 0 Å². The SMILES string of the molecule is COc1ccc2nnc3c(=O)n(-c4ccccc4)[nH]c3c2c1. The van der Waals surface area contributed by atoms with E-state index in [-0.39, 0.29) is 5.56 Å². The Hall–Kier alpha value is -3.15. The first-order chi connectivity index (χ1) is 10.8. The molecule has 0 atom stereocenters. The van der Waals surface area contributed by atoms with Crippen LogP contribution in [0, 0.1) is 0 Å². The first kappa shape index (κ1) is 12.6. The molecule has 4 aromatic rings. The number of rotatable bonds is 2. The predicted molar refractivity (Wildman–Crippen MR) is 83.5 cm³/mol. The minimum Gasteiger partial charge on any atom is -0.497 e. The number of hydrogen-bond acceptors (Lipinski definition) is 4. The van der Waals surface area contributed by atoms with Crippen molar-refractivity contribution in [3.63, 3.8) is 0 Å². The zero-order chi connectivity index (χ0) is 15.1. The molecule has 22 heavy (non-hydrogen) atoms. The van der Waals surface area contributed by atoms with E-state index < -0.39 is 0 Å². The number of fused-ring (bicyclic) bond motifs is 3. The van der Waals surface area contributed by atoms with E-state index >= 15 is 0 Å². The lowest BCUT2D eigenvalue weighted by Gasteiger charge is -2.02. The number of nitrogens with one attached hydrogen (secondary N) is 1. The van der Waals surface area contributed by atoms with Crippen molar-refractivity contribution >= 4 is 21.9 Å².